The van der Waals surface area contributed by atoms with E-state index in [4.69, 9.17) is 10.4 Å². The number of halogens is 1. The number of carboxylic acid groups (broad SMARTS) is 1. The summed E-state index contributed by atoms with van der Waals surface area (Å²) in [6.45, 7) is 2.22. The maximum Gasteiger partial charge on any atom is 0.307 e. The van der Waals surface area contributed by atoms with Gasteiger partial charge in [0.05, 0.1) is 23.5 Å². The molecule has 5 nitrogen and oxygen atoms in total. The van der Waals surface area contributed by atoms with Gasteiger partial charge in [-0.25, -0.2) is 4.39 Å². The summed E-state index contributed by atoms with van der Waals surface area (Å²) in [5.41, 5.74) is 0.537. The second-order valence-electron chi connectivity index (χ2n) is 5.06. The number of carbonyl (C=O) groups is 2. The number of hydrogen-bond donors (Lipinski definition) is 1. The van der Waals surface area contributed by atoms with Gasteiger partial charge < -0.3 is 10.0 Å². The second kappa shape index (κ2) is 5.92. The molecular formula is C15H15FN2O3. The Morgan fingerprint density at radius 1 is 1.48 bits per heavy atom. The lowest BCUT2D eigenvalue weighted by molar-refractivity contribution is -0.142. The molecule has 0 heterocycles. The van der Waals surface area contributed by atoms with Crippen molar-refractivity contribution in [1.29, 1.82) is 5.26 Å². The van der Waals surface area contributed by atoms with E-state index < -0.39 is 23.6 Å². The van der Waals surface area contributed by atoms with E-state index in [0.717, 1.165) is 6.07 Å². The SMILES string of the molecule is CCN(Cc1ccc(C#N)cc1F)C(=O)[C@@H]1C[C@@H]1C(=O)O. The van der Waals surface area contributed by atoms with Crippen molar-refractivity contribution in [3.05, 3.63) is 35.1 Å². The molecule has 6 heteroatoms. The Hall–Kier alpha value is -2.42. The highest BCUT2D eigenvalue weighted by Crippen LogP contribution is 2.40. The molecule has 1 aromatic rings. The highest BCUT2D eigenvalue weighted by Gasteiger charge is 2.49. The summed E-state index contributed by atoms with van der Waals surface area (Å²) < 4.78 is 13.8. The fourth-order valence-corrected chi connectivity index (χ4v) is 2.27. The van der Waals surface area contributed by atoms with Crippen LogP contribution in [0, 0.1) is 29.0 Å². The minimum absolute atomic E-state index is 0.0791. The second-order valence-corrected chi connectivity index (χ2v) is 5.06. The van der Waals surface area contributed by atoms with E-state index in [1.54, 1.807) is 6.92 Å². The summed E-state index contributed by atoms with van der Waals surface area (Å²) in [5, 5.41) is 17.6. The first kappa shape index (κ1) is 15.0. The molecular weight excluding hydrogens is 275 g/mol. The molecule has 1 aliphatic carbocycles. The smallest absolute Gasteiger partial charge is 0.307 e. The molecule has 2 atom stereocenters. The van der Waals surface area contributed by atoms with Gasteiger partial charge in [0, 0.05) is 18.7 Å². The molecule has 1 fully saturated rings. The lowest BCUT2D eigenvalue weighted by Gasteiger charge is -2.21. The largest absolute Gasteiger partial charge is 0.481 e. The number of aliphatic carboxylic acids is 1. The number of carboxylic acids is 1. The molecule has 0 bridgehead atoms. The lowest BCUT2D eigenvalue weighted by Crippen LogP contribution is -2.32. The number of benzene rings is 1. The Bertz CT molecular complexity index is 624. The molecule has 21 heavy (non-hydrogen) atoms. The summed E-state index contributed by atoms with van der Waals surface area (Å²) in [6, 6.07) is 5.95. The standard InChI is InChI=1S/C15H15FN2O3/c1-2-18(14(19)11-6-12(11)15(20)21)8-10-4-3-9(7-17)5-13(10)16/h3-5,11-12H,2,6,8H2,1H3,(H,20,21)/t11-,12+/m1/s1. The summed E-state index contributed by atoms with van der Waals surface area (Å²) in [6.07, 6.45) is 0.348. The first-order chi connectivity index (χ1) is 9.97. The maximum absolute atomic E-state index is 13.8. The van der Waals surface area contributed by atoms with Crippen molar-refractivity contribution >= 4 is 11.9 Å². The average Bonchev–Trinajstić information content (AvgIpc) is 3.26. The predicted molar refractivity (Wildman–Crippen MR) is 71.4 cm³/mol. The third-order valence-corrected chi connectivity index (χ3v) is 3.66. The van der Waals surface area contributed by atoms with Crippen LogP contribution in [0.25, 0.3) is 0 Å². The van der Waals surface area contributed by atoms with Crippen LogP contribution < -0.4 is 0 Å². The number of hydrogen-bond acceptors (Lipinski definition) is 3. The Kier molecular flexibility index (Phi) is 4.22. The van der Waals surface area contributed by atoms with Crippen molar-refractivity contribution in [1.82, 2.24) is 4.90 Å². The van der Waals surface area contributed by atoms with Crippen molar-refractivity contribution in [2.45, 2.75) is 19.9 Å². The number of nitrogens with zero attached hydrogens (tertiary/aromatic N) is 2. The van der Waals surface area contributed by atoms with Crippen molar-refractivity contribution in [3.8, 4) is 6.07 Å². The zero-order chi connectivity index (χ0) is 15.6. The molecule has 1 N–H and O–H groups in total. The van der Waals surface area contributed by atoms with Gasteiger partial charge in [-0.15, -0.1) is 0 Å². The molecule has 0 aromatic heterocycles. The van der Waals surface area contributed by atoms with Gasteiger partial charge in [0.1, 0.15) is 5.82 Å². The van der Waals surface area contributed by atoms with Crippen LogP contribution in [0.15, 0.2) is 18.2 Å². The van der Waals surface area contributed by atoms with Crippen LogP contribution in [0.5, 0.6) is 0 Å². The molecule has 110 valence electrons. The summed E-state index contributed by atoms with van der Waals surface area (Å²) >= 11 is 0. The zero-order valence-electron chi connectivity index (χ0n) is 11.5. The first-order valence-corrected chi connectivity index (χ1v) is 6.68. The van der Waals surface area contributed by atoms with Gasteiger partial charge in [0.15, 0.2) is 0 Å². The van der Waals surface area contributed by atoms with E-state index in [2.05, 4.69) is 0 Å². The molecule has 0 radical (unpaired) electrons. The summed E-state index contributed by atoms with van der Waals surface area (Å²) in [5.74, 6) is -2.87. The van der Waals surface area contributed by atoms with Crippen LogP contribution in [-0.2, 0) is 16.1 Å². The van der Waals surface area contributed by atoms with Gasteiger partial charge in [-0.3, -0.25) is 9.59 Å². The van der Waals surface area contributed by atoms with Crippen LogP contribution in [-0.4, -0.2) is 28.4 Å². The van der Waals surface area contributed by atoms with Gasteiger partial charge in [0.2, 0.25) is 5.91 Å². The van der Waals surface area contributed by atoms with Gasteiger partial charge >= 0.3 is 5.97 Å². The highest BCUT2D eigenvalue weighted by atomic mass is 19.1. The normalized spacial score (nSPS) is 19.7. The minimum Gasteiger partial charge on any atom is -0.481 e. The minimum atomic E-state index is -0.964. The van der Waals surface area contributed by atoms with Crippen LogP contribution in [0.1, 0.15) is 24.5 Å². The number of carbonyl (C=O) groups excluding carboxylic acids is 1. The fraction of sp³-hybridized carbons (Fsp3) is 0.400. The Morgan fingerprint density at radius 3 is 2.67 bits per heavy atom. The molecule has 0 unspecified atom stereocenters. The van der Waals surface area contributed by atoms with E-state index in [1.807, 2.05) is 6.07 Å². The van der Waals surface area contributed by atoms with Gasteiger partial charge in [-0.2, -0.15) is 5.26 Å². The first-order valence-electron chi connectivity index (χ1n) is 6.68. The third kappa shape index (κ3) is 3.19. The van der Waals surface area contributed by atoms with Crippen LogP contribution in [0.3, 0.4) is 0 Å². The van der Waals surface area contributed by atoms with E-state index in [1.165, 1.54) is 17.0 Å². The third-order valence-electron chi connectivity index (χ3n) is 3.66. The van der Waals surface area contributed by atoms with E-state index >= 15 is 0 Å². The van der Waals surface area contributed by atoms with Gasteiger partial charge in [0.25, 0.3) is 0 Å². The number of rotatable bonds is 5. The molecule has 0 saturated heterocycles. The number of nitriles is 1. The molecule has 1 amide bonds. The fourth-order valence-electron chi connectivity index (χ4n) is 2.27. The van der Waals surface area contributed by atoms with Crippen molar-refractivity contribution in [2.24, 2.45) is 11.8 Å². The van der Waals surface area contributed by atoms with Gasteiger partial charge in [-0.1, -0.05) is 6.07 Å². The Balaban J connectivity index is 2.08. The molecule has 1 aliphatic rings. The maximum atomic E-state index is 13.8. The zero-order valence-corrected chi connectivity index (χ0v) is 11.5. The van der Waals surface area contributed by atoms with Gasteiger partial charge in [-0.05, 0) is 25.5 Å². The average molecular weight is 290 g/mol. The Morgan fingerprint density at radius 2 is 2.19 bits per heavy atom. The monoisotopic (exact) mass is 290 g/mol. The molecule has 1 saturated carbocycles. The van der Waals surface area contributed by atoms with E-state index in [9.17, 15) is 14.0 Å². The highest BCUT2D eigenvalue weighted by molar-refractivity contribution is 5.89. The van der Waals surface area contributed by atoms with E-state index in [-0.39, 0.29) is 18.0 Å². The molecule has 0 spiro atoms. The van der Waals surface area contributed by atoms with Crippen LogP contribution in [0.4, 0.5) is 4.39 Å². The van der Waals surface area contributed by atoms with Crippen LogP contribution in [0.2, 0.25) is 0 Å². The Labute approximate surface area is 121 Å². The molecule has 0 aliphatic heterocycles. The quantitative estimate of drug-likeness (QED) is 0.896. The molecule has 1 aromatic carbocycles. The van der Waals surface area contributed by atoms with Crippen molar-refractivity contribution in [2.75, 3.05) is 6.54 Å². The van der Waals surface area contributed by atoms with Crippen molar-refractivity contribution < 1.29 is 19.1 Å². The predicted octanol–water partition coefficient (Wildman–Crippen LogP) is 1.77. The summed E-state index contributed by atoms with van der Waals surface area (Å²) in [7, 11) is 0. The number of amides is 1. The van der Waals surface area contributed by atoms with Crippen molar-refractivity contribution in [3.63, 3.8) is 0 Å². The lowest BCUT2D eigenvalue weighted by atomic mass is 10.1. The van der Waals surface area contributed by atoms with Crippen LogP contribution >= 0.6 is 0 Å². The van der Waals surface area contributed by atoms with E-state index in [0.29, 0.717) is 18.5 Å². The topological polar surface area (TPSA) is 81.4 Å². The molecule has 2 rings (SSSR count). The summed E-state index contributed by atoms with van der Waals surface area (Å²) in [4.78, 5) is 24.4.